The van der Waals surface area contributed by atoms with Crippen LogP contribution in [0.15, 0.2) is 12.1 Å². The number of carbonyl (C=O) groups is 2. The van der Waals surface area contributed by atoms with E-state index < -0.39 is 0 Å². The number of fused-ring (bicyclic) bond motifs is 1. The van der Waals surface area contributed by atoms with Crippen molar-refractivity contribution in [3.8, 4) is 5.75 Å². The lowest BCUT2D eigenvalue weighted by molar-refractivity contribution is -0.121. The lowest BCUT2D eigenvalue weighted by Crippen LogP contribution is -2.22. The Bertz CT molecular complexity index is 578. The Morgan fingerprint density at radius 2 is 2.09 bits per heavy atom. The Kier molecular flexibility index (Phi) is 5.22. The molecule has 1 aliphatic rings. The van der Waals surface area contributed by atoms with Gasteiger partial charge >= 0.3 is 0 Å². The molecule has 4 heteroatoms. The Labute approximate surface area is 131 Å². The average molecular weight is 303 g/mol. The fourth-order valence-electron chi connectivity index (χ4n) is 3.09. The van der Waals surface area contributed by atoms with Gasteiger partial charge in [0.1, 0.15) is 11.5 Å². The highest BCUT2D eigenvalue weighted by molar-refractivity contribution is 5.83. The standard InChI is InChI=1S/C18H25NO3/c1-11(2)16(21)10-15-7-6-13-4-5-14(17(13)18(15)22)8-9-19-12(3)20/h6-7,11,14,22H,4-5,8-10H2,1-3H3,(H,19,20). The van der Waals surface area contributed by atoms with Gasteiger partial charge in [0.25, 0.3) is 0 Å². The molecule has 1 unspecified atom stereocenters. The predicted octanol–water partition coefficient (Wildman–Crippen LogP) is 2.72. The number of rotatable bonds is 6. The van der Waals surface area contributed by atoms with Crippen LogP contribution < -0.4 is 5.32 Å². The first-order valence-electron chi connectivity index (χ1n) is 8.01. The number of phenolic OH excluding ortho intramolecular Hbond substituents is 1. The minimum atomic E-state index is -0.0290. The fourth-order valence-corrected chi connectivity index (χ4v) is 3.09. The van der Waals surface area contributed by atoms with E-state index in [-0.39, 0.29) is 35.7 Å². The third-order valence-corrected chi connectivity index (χ3v) is 4.44. The van der Waals surface area contributed by atoms with Crippen molar-refractivity contribution in [1.82, 2.24) is 5.32 Å². The van der Waals surface area contributed by atoms with E-state index in [0.717, 1.165) is 30.4 Å². The van der Waals surface area contributed by atoms with Crippen LogP contribution >= 0.6 is 0 Å². The zero-order valence-corrected chi connectivity index (χ0v) is 13.6. The van der Waals surface area contributed by atoms with Gasteiger partial charge in [0, 0.05) is 36.9 Å². The molecule has 0 aliphatic heterocycles. The van der Waals surface area contributed by atoms with Crippen molar-refractivity contribution in [3.05, 3.63) is 28.8 Å². The summed E-state index contributed by atoms with van der Waals surface area (Å²) in [5.74, 6) is 0.637. The van der Waals surface area contributed by atoms with Crippen molar-refractivity contribution >= 4 is 11.7 Å². The SMILES string of the molecule is CC(=O)NCCC1CCc2ccc(CC(=O)C(C)C)c(O)c21. The van der Waals surface area contributed by atoms with Crippen LogP contribution in [-0.4, -0.2) is 23.3 Å². The van der Waals surface area contributed by atoms with E-state index in [4.69, 9.17) is 0 Å². The number of phenols is 1. The molecule has 120 valence electrons. The first-order chi connectivity index (χ1) is 10.4. The predicted molar refractivity (Wildman–Crippen MR) is 86.0 cm³/mol. The summed E-state index contributed by atoms with van der Waals surface area (Å²) in [6.07, 6.45) is 3.05. The third-order valence-electron chi connectivity index (χ3n) is 4.44. The molecule has 0 bridgehead atoms. The molecule has 2 N–H and O–H groups in total. The summed E-state index contributed by atoms with van der Waals surface area (Å²) in [6, 6.07) is 3.92. The maximum absolute atomic E-state index is 11.9. The van der Waals surface area contributed by atoms with E-state index in [1.165, 1.54) is 12.5 Å². The molecule has 22 heavy (non-hydrogen) atoms. The molecule has 2 rings (SSSR count). The largest absolute Gasteiger partial charge is 0.507 e. The average Bonchev–Trinajstić information content (AvgIpc) is 2.85. The van der Waals surface area contributed by atoms with Crippen molar-refractivity contribution in [2.75, 3.05) is 6.54 Å². The van der Waals surface area contributed by atoms with E-state index in [1.54, 1.807) is 0 Å². The molecule has 0 radical (unpaired) electrons. The van der Waals surface area contributed by atoms with Gasteiger partial charge in [0.15, 0.2) is 0 Å². The van der Waals surface area contributed by atoms with Crippen LogP contribution in [0.25, 0.3) is 0 Å². The van der Waals surface area contributed by atoms with Gasteiger partial charge in [-0.05, 0) is 30.7 Å². The fraction of sp³-hybridized carbons (Fsp3) is 0.556. The topological polar surface area (TPSA) is 66.4 Å². The number of hydrogen-bond acceptors (Lipinski definition) is 3. The van der Waals surface area contributed by atoms with Crippen LogP contribution in [0.1, 0.15) is 56.2 Å². The van der Waals surface area contributed by atoms with Crippen LogP contribution in [0.3, 0.4) is 0 Å². The highest BCUT2D eigenvalue weighted by Gasteiger charge is 2.27. The van der Waals surface area contributed by atoms with Crippen LogP contribution in [-0.2, 0) is 22.4 Å². The Hall–Kier alpha value is -1.84. The zero-order chi connectivity index (χ0) is 16.3. The van der Waals surface area contributed by atoms with Gasteiger partial charge in [-0.3, -0.25) is 9.59 Å². The molecule has 1 atom stereocenters. The number of carbonyl (C=O) groups excluding carboxylic acids is 2. The van der Waals surface area contributed by atoms with Gasteiger partial charge < -0.3 is 10.4 Å². The monoisotopic (exact) mass is 303 g/mol. The quantitative estimate of drug-likeness (QED) is 0.849. The second-order valence-electron chi connectivity index (χ2n) is 6.45. The number of aryl methyl sites for hydroxylation is 1. The molecule has 0 saturated carbocycles. The summed E-state index contributed by atoms with van der Waals surface area (Å²) in [5.41, 5.74) is 2.88. The molecule has 0 fully saturated rings. The van der Waals surface area contributed by atoms with Crippen molar-refractivity contribution in [2.24, 2.45) is 5.92 Å². The van der Waals surface area contributed by atoms with Crippen molar-refractivity contribution in [2.45, 2.75) is 52.4 Å². The lowest BCUT2D eigenvalue weighted by Gasteiger charge is -2.16. The highest BCUT2D eigenvalue weighted by Crippen LogP contribution is 2.42. The molecule has 1 amide bonds. The molecule has 0 heterocycles. The number of aromatic hydroxyl groups is 1. The van der Waals surface area contributed by atoms with Crippen LogP contribution in [0.2, 0.25) is 0 Å². The van der Waals surface area contributed by atoms with E-state index in [2.05, 4.69) is 5.32 Å². The Morgan fingerprint density at radius 1 is 1.36 bits per heavy atom. The van der Waals surface area contributed by atoms with E-state index in [1.807, 2.05) is 26.0 Å². The van der Waals surface area contributed by atoms with Crippen molar-refractivity contribution in [1.29, 1.82) is 0 Å². The lowest BCUT2D eigenvalue weighted by atomic mass is 9.92. The molecule has 0 aromatic heterocycles. The molecular weight excluding hydrogens is 278 g/mol. The van der Waals surface area contributed by atoms with Gasteiger partial charge in [0.2, 0.25) is 5.91 Å². The molecule has 4 nitrogen and oxygen atoms in total. The van der Waals surface area contributed by atoms with Gasteiger partial charge in [-0.1, -0.05) is 26.0 Å². The summed E-state index contributed by atoms with van der Waals surface area (Å²) in [4.78, 5) is 22.9. The summed E-state index contributed by atoms with van der Waals surface area (Å²) in [6.45, 7) is 5.88. The number of ketones is 1. The Balaban J connectivity index is 2.15. The molecular formula is C18H25NO3. The molecule has 1 aliphatic carbocycles. The summed E-state index contributed by atoms with van der Waals surface area (Å²) in [5, 5.41) is 13.4. The maximum atomic E-state index is 11.9. The van der Waals surface area contributed by atoms with Crippen LogP contribution in [0.5, 0.6) is 5.75 Å². The second kappa shape index (κ2) is 6.95. The number of nitrogens with one attached hydrogen (secondary N) is 1. The summed E-state index contributed by atoms with van der Waals surface area (Å²) in [7, 11) is 0. The van der Waals surface area contributed by atoms with E-state index in [9.17, 15) is 14.7 Å². The maximum Gasteiger partial charge on any atom is 0.216 e. The van der Waals surface area contributed by atoms with Gasteiger partial charge in [-0.2, -0.15) is 0 Å². The number of benzene rings is 1. The normalized spacial score (nSPS) is 16.6. The zero-order valence-electron chi connectivity index (χ0n) is 13.6. The molecule has 0 saturated heterocycles. The molecule has 0 spiro atoms. The van der Waals surface area contributed by atoms with Crippen LogP contribution in [0, 0.1) is 5.92 Å². The van der Waals surface area contributed by atoms with Crippen molar-refractivity contribution in [3.63, 3.8) is 0 Å². The minimum Gasteiger partial charge on any atom is -0.507 e. The third kappa shape index (κ3) is 3.67. The van der Waals surface area contributed by atoms with Gasteiger partial charge in [-0.25, -0.2) is 0 Å². The first-order valence-corrected chi connectivity index (χ1v) is 8.01. The van der Waals surface area contributed by atoms with E-state index >= 15 is 0 Å². The summed E-state index contributed by atoms with van der Waals surface area (Å²) < 4.78 is 0. The highest BCUT2D eigenvalue weighted by atomic mass is 16.3. The van der Waals surface area contributed by atoms with Crippen LogP contribution in [0.4, 0.5) is 0 Å². The minimum absolute atomic E-state index is 0.0248. The van der Waals surface area contributed by atoms with E-state index in [0.29, 0.717) is 6.54 Å². The molecule has 1 aromatic rings. The summed E-state index contributed by atoms with van der Waals surface area (Å²) >= 11 is 0. The number of hydrogen-bond donors (Lipinski definition) is 2. The van der Waals surface area contributed by atoms with Crippen molar-refractivity contribution < 1.29 is 14.7 Å². The molecule has 1 aromatic carbocycles. The Morgan fingerprint density at radius 3 is 2.73 bits per heavy atom. The smallest absolute Gasteiger partial charge is 0.216 e. The number of amides is 1. The number of Topliss-reactive ketones (excluding diaryl/α,β-unsaturated/α-hetero) is 1. The first kappa shape index (κ1) is 16.5. The van der Waals surface area contributed by atoms with Gasteiger partial charge in [-0.15, -0.1) is 0 Å². The van der Waals surface area contributed by atoms with Gasteiger partial charge in [0.05, 0.1) is 0 Å². The second-order valence-corrected chi connectivity index (χ2v) is 6.45.